The van der Waals surface area contributed by atoms with E-state index in [9.17, 15) is 4.79 Å². The van der Waals surface area contributed by atoms with Gasteiger partial charge in [-0.2, -0.15) is 0 Å². The summed E-state index contributed by atoms with van der Waals surface area (Å²) in [4.78, 5) is 21.2. The number of carbonyl (C=O) groups is 1. The number of methoxy groups -OCH3 is 2. The summed E-state index contributed by atoms with van der Waals surface area (Å²) in [5.74, 6) is 1.92. The van der Waals surface area contributed by atoms with Crippen LogP contribution in [-0.2, 0) is 9.53 Å². The molecule has 2 fully saturated rings. The summed E-state index contributed by atoms with van der Waals surface area (Å²) < 4.78 is 24.7. The first-order valence-corrected chi connectivity index (χ1v) is 10.7. The van der Waals surface area contributed by atoms with Crippen LogP contribution in [0.25, 0.3) is 22.3 Å². The Morgan fingerprint density at radius 3 is 2.66 bits per heavy atom. The van der Waals surface area contributed by atoms with Crippen molar-refractivity contribution in [2.75, 3.05) is 34.0 Å². The molecule has 5 rings (SSSR count). The Balaban J connectivity index is 1.57. The van der Waals surface area contributed by atoms with Gasteiger partial charge in [-0.25, -0.2) is 9.97 Å². The molecular formula is C23H26N4O5. The van der Waals surface area contributed by atoms with Crippen molar-refractivity contribution >= 4 is 16.9 Å². The highest BCUT2D eigenvalue weighted by Crippen LogP contribution is 2.36. The molecule has 0 bridgehead atoms. The lowest BCUT2D eigenvalue weighted by molar-refractivity contribution is -0.119. The van der Waals surface area contributed by atoms with Gasteiger partial charge in [0.1, 0.15) is 11.6 Å². The zero-order valence-corrected chi connectivity index (χ0v) is 18.3. The molecule has 0 radical (unpaired) electrons. The maximum absolute atomic E-state index is 11.7. The highest BCUT2D eigenvalue weighted by Gasteiger charge is 2.30. The van der Waals surface area contributed by atoms with Crippen LogP contribution < -0.4 is 19.5 Å². The fourth-order valence-electron chi connectivity index (χ4n) is 4.14. The number of rotatable bonds is 7. The normalized spacial score (nSPS) is 19.5. The summed E-state index contributed by atoms with van der Waals surface area (Å²) in [6, 6.07) is 7.82. The van der Waals surface area contributed by atoms with Crippen molar-refractivity contribution in [3.8, 4) is 28.6 Å². The lowest BCUT2D eigenvalue weighted by Crippen LogP contribution is -2.30. The first-order valence-electron chi connectivity index (χ1n) is 10.7. The molecule has 1 N–H and O–H groups in total. The van der Waals surface area contributed by atoms with E-state index in [-0.39, 0.29) is 24.0 Å². The molecule has 0 aliphatic carbocycles. The number of ether oxygens (including phenoxy) is 4. The molecule has 2 aromatic heterocycles. The Morgan fingerprint density at radius 1 is 1.19 bits per heavy atom. The molecule has 9 nitrogen and oxygen atoms in total. The van der Waals surface area contributed by atoms with Crippen LogP contribution in [0.2, 0.25) is 0 Å². The lowest BCUT2D eigenvalue weighted by Gasteiger charge is -2.28. The van der Waals surface area contributed by atoms with Crippen LogP contribution in [0.5, 0.6) is 17.4 Å². The smallest absolute Gasteiger partial charge is 0.241 e. The summed E-state index contributed by atoms with van der Waals surface area (Å²) in [6.07, 6.45) is 2.08. The number of nitrogens with zero attached hydrogens (tertiary/aromatic N) is 3. The van der Waals surface area contributed by atoms with Crippen molar-refractivity contribution in [1.29, 1.82) is 0 Å². The van der Waals surface area contributed by atoms with E-state index in [0.29, 0.717) is 43.6 Å². The van der Waals surface area contributed by atoms with E-state index in [2.05, 4.69) is 14.9 Å². The first kappa shape index (κ1) is 20.6. The average Bonchev–Trinajstić information content (AvgIpc) is 3.38. The molecule has 2 saturated heterocycles. The quantitative estimate of drug-likeness (QED) is 0.606. The highest BCUT2D eigenvalue weighted by molar-refractivity contribution is 5.85. The molecule has 1 aromatic carbocycles. The van der Waals surface area contributed by atoms with Gasteiger partial charge in [0, 0.05) is 24.4 Å². The molecule has 2 atom stereocenters. The van der Waals surface area contributed by atoms with Crippen LogP contribution in [0.1, 0.15) is 19.4 Å². The van der Waals surface area contributed by atoms with Crippen molar-refractivity contribution in [3.63, 3.8) is 0 Å². The fraction of sp³-hybridized carbons (Fsp3) is 0.435. The Bertz CT molecular complexity index is 1160. The Hall–Kier alpha value is -3.33. The number of pyridine rings is 1. The summed E-state index contributed by atoms with van der Waals surface area (Å²) in [5.41, 5.74) is 3.21. The minimum Gasteiger partial charge on any atom is -0.493 e. The van der Waals surface area contributed by atoms with E-state index >= 15 is 0 Å². The maximum Gasteiger partial charge on any atom is 0.241 e. The van der Waals surface area contributed by atoms with Crippen LogP contribution in [0.3, 0.4) is 0 Å². The van der Waals surface area contributed by atoms with Crippen molar-refractivity contribution in [2.24, 2.45) is 5.92 Å². The minimum atomic E-state index is -0.189. The fourth-order valence-corrected chi connectivity index (χ4v) is 4.14. The maximum atomic E-state index is 11.7. The molecule has 0 saturated carbocycles. The standard InChI is InChI=1S/C23H26N4O5/c1-13(15-7-21(28)24-9-15)32-23-22-18(25-12-27(22)16-10-31-11-16)8-17(26-23)14-4-5-19(29-2)20(6-14)30-3/h4-6,8,12-13,15-16H,7,9-11H2,1-3H3,(H,24,28)/t13?,15-/m1/s1. The van der Waals surface area contributed by atoms with Gasteiger partial charge in [0.25, 0.3) is 0 Å². The van der Waals surface area contributed by atoms with Gasteiger partial charge < -0.3 is 28.8 Å². The average molecular weight is 438 g/mol. The number of imidazole rings is 1. The van der Waals surface area contributed by atoms with Crippen LogP contribution in [-0.4, -0.2) is 60.5 Å². The van der Waals surface area contributed by atoms with Crippen LogP contribution in [0.4, 0.5) is 0 Å². The second kappa shape index (κ2) is 8.31. The van der Waals surface area contributed by atoms with Crippen LogP contribution in [0, 0.1) is 5.92 Å². The lowest BCUT2D eigenvalue weighted by atomic mass is 10.0. The molecule has 32 heavy (non-hydrogen) atoms. The number of hydrogen-bond donors (Lipinski definition) is 1. The summed E-state index contributed by atoms with van der Waals surface area (Å²) >= 11 is 0. The molecule has 1 amide bonds. The summed E-state index contributed by atoms with van der Waals surface area (Å²) in [5, 5.41) is 2.88. The number of nitrogens with one attached hydrogen (secondary N) is 1. The topological polar surface area (TPSA) is 96.7 Å². The molecule has 1 unspecified atom stereocenters. The SMILES string of the molecule is COc1ccc(-c2cc3ncn(C4COC4)c3c(OC(C)[C@H]3CNC(=O)C3)n2)cc1OC. The number of aromatic nitrogens is 3. The Morgan fingerprint density at radius 2 is 2.00 bits per heavy atom. The molecule has 2 aliphatic rings. The minimum absolute atomic E-state index is 0.0549. The predicted octanol–water partition coefficient (Wildman–Crippen LogP) is 2.59. The molecule has 2 aliphatic heterocycles. The third-order valence-corrected chi connectivity index (χ3v) is 6.18. The largest absolute Gasteiger partial charge is 0.493 e. The van der Waals surface area contributed by atoms with Crippen molar-refractivity contribution in [3.05, 3.63) is 30.6 Å². The van der Waals surface area contributed by atoms with Gasteiger partial charge in [-0.3, -0.25) is 4.79 Å². The van der Waals surface area contributed by atoms with E-state index < -0.39 is 0 Å². The van der Waals surface area contributed by atoms with Gasteiger partial charge in [-0.1, -0.05) is 0 Å². The van der Waals surface area contributed by atoms with E-state index in [1.54, 1.807) is 14.2 Å². The Kier molecular flexibility index (Phi) is 5.34. The van der Waals surface area contributed by atoms with Crippen molar-refractivity contribution in [2.45, 2.75) is 25.5 Å². The predicted molar refractivity (Wildman–Crippen MR) is 117 cm³/mol. The second-order valence-electron chi connectivity index (χ2n) is 8.18. The van der Waals surface area contributed by atoms with Gasteiger partial charge in [0.2, 0.25) is 11.8 Å². The van der Waals surface area contributed by atoms with Crippen LogP contribution in [0.15, 0.2) is 30.6 Å². The number of fused-ring (bicyclic) bond motifs is 1. The van der Waals surface area contributed by atoms with E-state index in [0.717, 1.165) is 22.3 Å². The first-order chi connectivity index (χ1) is 15.6. The third-order valence-electron chi connectivity index (χ3n) is 6.18. The summed E-state index contributed by atoms with van der Waals surface area (Å²) in [6.45, 7) is 3.86. The molecule has 3 aromatic rings. The van der Waals surface area contributed by atoms with Gasteiger partial charge in [-0.15, -0.1) is 0 Å². The van der Waals surface area contributed by atoms with Gasteiger partial charge in [0.15, 0.2) is 11.5 Å². The highest BCUT2D eigenvalue weighted by atomic mass is 16.5. The van der Waals surface area contributed by atoms with Crippen molar-refractivity contribution in [1.82, 2.24) is 19.9 Å². The van der Waals surface area contributed by atoms with E-state index in [1.165, 1.54) is 0 Å². The number of hydrogen-bond acceptors (Lipinski definition) is 7. The number of carbonyl (C=O) groups excluding carboxylic acids is 1. The third kappa shape index (κ3) is 3.62. The number of amides is 1. The monoisotopic (exact) mass is 438 g/mol. The van der Waals surface area contributed by atoms with Gasteiger partial charge in [-0.05, 0) is 31.2 Å². The summed E-state index contributed by atoms with van der Waals surface area (Å²) in [7, 11) is 3.21. The van der Waals surface area contributed by atoms with Crippen LogP contribution >= 0.6 is 0 Å². The van der Waals surface area contributed by atoms with Crippen molar-refractivity contribution < 1.29 is 23.7 Å². The molecule has 9 heteroatoms. The Labute approximate surface area is 185 Å². The molecular weight excluding hydrogens is 412 g/mol. The molecule has 0 spiro atoms. The molecule has 168 valence electrons. The number of benzene rings is 1. The molecule has 4 heterocycles. The van der Waals surface area contributed by atoms with E-state index in [4.69, 9.17) is 23.9 Å². The van der Waals surface area contributed by atoms with E-state index in [1.807, 2.05) is 37.5 Å². The van der Waals surface area contributed by atoms with Gasteiger partial charge in [0.05, 0.1) is 51.0 Å². The zero-order chi connectivity index (χ0) is 22.2. The van der Waals surface area contributed by atoms with Gasteiger partial charge >= 0.3 is 0 Å². The second-order valence-corrected chi connectivity index (χ2v) is 8.18. The zero-order valence-electron chi connectivity index (χ0n) is 18.3.